The Kier molecular flexibility index (Phi) is 3.84. The zero-order valence-electron chi connectivity index (χ0n) is 12.6. The first-order valence-electron chi connectivity index (χ1n) is 7.02. The van der Waals surface area contributed by atoms with Crippen LogP contribution in [0.1, 0.15) is 33.2 Å². The number of hydroxylamine groups is 2. The van der Waals surface area contributed by atoms with E-state index < -0.39 is 27.4 Å². The monoisotopic (exact) mass is 373 g/mol. The first-order valence-corrected chi connectivity index (χ1v) is 8.43. The van der Waals surface area contributed by atoms with Gasteiger partial charge in [0.25, 0.3) is 11.8 Å². The summed E-state index contributed by atoms with van der Waals surface area (Å²) >= 11 is 0. The molecule has 132 valence electrons. The molecule has 0 fully saturated rings. The number of aryl methyl sites for hydroxylation is 1. The highest BCUT2D eigenvalue weighted by molar-refractivity contribution is 7.87. The molecule has 0 saturated carbocycles. The molecule has 25 heavy (non-hydrogen) atoms. The number of rotatable bonds is 3. The number of carbonyl (C=O) groups excluding carboxylic acids is 2. The summed E-state index contributed by atoms with van der Waals surface area (Å²) in [4.78, 5) is 24.8. The summed E-state index contributed by atoms with van der Waals surface area (Å²) in [5.74, 6) is -2.54. The number of hydrogen-bond donors (Lipinski definition) is 0. The van der Waals surface area contributed by atoms with Crippen molar-refractivity contribution in [1.82, 2.24) is 5.06 Å². The van der Waals surface area contributed by atoms with Gasteiger partial charge in [-0.2, -0.15) is 21.6 Å². The highest BCUT2D eigenvalue weighted by Crippen LogP contribution is 2.34. The Morgan fingerprint density at radius 3 is 2.32 bits per heavy atom. The molecule has 2 amide bonds. The molecule has 0 atom stereocenters. The standard InChI is InChI=1S/C15H10F3NO5S/c1-2-8-6-9-4-3-5-10-12(9)11(7-8)14(21)19(13(10)20)24-25(22,23)15(16,17)18/h3-7H,2H2,1H3. The van der Waals surface area contributed by atoms with E-state index in [1.54, 1.807) is 19.1 Å². The van der Waals surface area contributed by atoms with Crippen LogP contribution in [0.5, 0.6) is 0 Å². The van der Waals surface area contributed by atoms with Crippen molar-refractivity contribution in [3.63, 3.8) is 0 Å². The number of halogens is 3. The van der Waals surface area contributed by atoms with Crippen molar-refractivity contribution in [2.24, 2.45) is 0 Å². The molecule has 6 nitrogen and oxygen atoms in total. The Balaban J connectivity index is 2.19. The van der Waals surface area contributed by atoms with Gasteiger partial charge in [-0.15, -0.1) is 9.35 Å². The van der Waals surface area contributed by atoms with E-state index in [0.717, 1.165) is 0 Å². The molecular weight excluding hydrogens is 363 g/mol. The third-order valence-corrected chi connectivity index (χ3v) is 4.64. The van der Waals surface area contributed by atoms with Crippen molar-refractivity contribution >= 4 is 32.7 Å². The van der Waals surface area contributed by atoms with Gasteiger partial charge >= 0.3 is 15.6 Å². The average Bonchev–Trinajstić information content (AvgIpc) is 2.54. The minimum atomic E-state index is -6.17. The second-order valence-electron chi connectivity index (χ2n) is 5.28. The van der Waals surface area contributed by atoms with E-state index in [4.69, 9.17) is 0 Å². The Morgan fingerprint density at radius 2 is 1.72 bits per heavy atom. The summed E-state index contributed by atoms with van der Waals surface area (Å²) in [6, 6.07) is 7.54. The van der Waals surface area contributed by atoms with Crippen molar-refractivity contribution in [2.45, 2.75) is 18.9 Å². The zero-order chi connectivity index (χ0) is 18.6. The molecule has 1 aliphatic rings. The first kappa shape index (κ1) is 17.4. The van der Waals surface area contributed by atoms with Gasteiger partial charge in [-0.25, -0.2) is 0 Å². The SMILES string of the molecule is CCc1cc2c3c(cccc3c1)C(=O)N(OS(=O)(=O)C(F)(F)F)C2=O. The van der Waals surface area contributed by atoms with Gasteiger partial charge in [-0.05, 0) is 29.5 Å². The van der Waals surface area contributed by atoms with Crippen molar-refractivity contribution in [2.75, 3.05) is 0 Å². The van der Waals surface area contributed by atoms with E-state index in [1.807, 2.05) is 0 Å². The van der Waals surface area contributed by atoms with E-state index >= 15 is 0 Å². The summed E-state index contributed by atoms with van der Waals surface area (Å²) in [6.07, 6.45) is 0.524. The number of carbonyl (C=O) groups is 2. The molecule has 0 N–H and O–H groups in total. The molecule has 0 unspecified atom stereocenters. The first-order chi connectivity index (χ1) is 11.6. The van der Waals surface area contributed by atoms with Crippen LogP contribution in [0.2, 0.25) is 0 Å². The molecule has 2 aromatic rings. The molecule has 0 aromatic heterocycles. The third kappa shape index (κ3) is 2.67. The highest BCUT2D eigenvalue weighted by atomic mass is 32.2. The molecular formula is C15H10F3NO5S. The lowest BCUT2D eigenvalue weighted by Crippen LogP contribution is -2.44. The lowest BCUT2D eigenvalue weighted by atomic mass is 9.92. The van der Waals surface area contributed by atoms with Crippen LogP contribution in [-0.2, 0) is 20.8 Å². The highest BCUT2D eigenvalue weighted by Gasteiger charge is 2.51. The van der Waals surface area contributed by atoms with Crippen LogP contribution in [0.25, 0.3) is 10.8 Å². The topological polar surface area (TPSA) is 80.8 Å². The second kappa shape index (κ2) is 5.53. The molecule has 2 aromatic carbocycles. The van der Waals surface area contributed by atoms with Gasteiger partial charge in [0, 0.05) is 5.39 Å². The minimum Gasteiger partial charge on any atom is -0.266 e. The maximum atomic E-state index is 12.5. The molecule has 0 bridgehead atoms. The van der Waals surface area contributed by atoms with Gasteiger partial charge in [0.1, 0.15) is 0 Å². The van der Waals surface area contributed by atoms with E-state index in [1.165, 1.54) is 18.2 Å². The number of alkyl halides is 3. The normalized spacial score (nSPS) is 15.1. The predicted octanol–water partition coefficient (Wildman–Crippen LogP) is 2.78. The Bertz CT molecular complexity index is 1010. The van der Waals surface area contributed by atoms with Crippen LogP contribution >= 0.6 is 0 Å². The van der Waals surface area contributed by atoms with Crippen molar-refractivity contribution in [1.29, 1.82) is 0 Å². The summed E-state index contributed by atoms with van der Waals surface area (Å²) in [5, 5.41) is 0.435. The number of nitrogens with zero attached hydrogens (tertiary/aromatic N) is 1. The third-order valence-electron chi connectivity index (χ3n) is 3.73. The van der Waals surface area contributed by atoms with Crippen molar-refractivity contribution in [3.05, 3.63) is 47.0 Å². The van der Waals surface area contributed by atoms with Crippen LogP contribution < -0.4 is 0 Å². The average molecular weight is 373 g/mol. The molecule has 10 heteroatoms. The lowest BCUT2D eigenvalue weighted by Gasteiger charge is -2.26. The van der Waals surface area contributed by atoms with Gasteiger partial charge < -0.3 is 0 Å². The predicted molar refractivity (Wildman–Crippen MR) is 79.9 cm³/mol. The number of amides is 2. The molecule has 0 radical (unpaired) electrons. The maximum Gasteiger partial charge on any atom is 0.525 e. The van der Waals surface area contributed by atoms with Gasteiger partial charge in [0.15, 0.2) is 0 Å². The number of hydrogen-bond acceptors (Lipinski definition) is 5. The second-order valence-corrected chi connectivity index (χ2v) is 6.80. The Labute approximate surface area is 139 Å². The van der Waals surface area contributed by atoms with Crippen molar-refractivity contribution < 1.29 is 35.5 Å². The van der Waals surface area contributed by atoms with Gasteiger partial charge in [-0.3, -0.25) is 9.59 Å². The fourth-order valence-corrected chi connectivity index (χ4v) is 2.98. The van der Waals surface area contributed by atoms with Crippen LogP contribution in [0.4, 0.5) is 13.2 Å². The fourth-order valence-electron chi connectivity index (χ4n) is 2.56. The van der Waals surface area contributed by atoms with Gasteiger partial charge in [0.05, 0.1) is 11.1 Å². The minimum absolute atomic E-state index is 0.0954. The van der Waals surface area contributed by atoms with E-state index in [9.17, 15) is 31.2 Å². The summed E-state index contributed by atoms with van der Waals surface area (Å²) in [7, 11) is -6.17. The van der Waals surface area contributed by atoms with Crippen molar-refractivity contribution in [3.8, 4) is 0 Å². The summed E-state index contributed by atoms with van der Waals surface area (Å²) < 4.78 is 63.8. The zero-order valence-corrected chi connectivity index (χ0v) is 13.4. The van der Waals surface area contributed by atoms with Gasteiger partial charge in [-0.1, -0.05) is 25.1 Å². The quantitative estimate of drug-likeness (QED) is 0.611. The number of benzene rings is 2. The van der Waals surface area contributed by atoms with E-state index in [-0.39, 0.29) is 21.6 Å². The summed E-state index contributed by atoms with van der Waals surface area (Å²) in [5.41, 5.74) is -5.29. The van der Waals surface area contributed by atoms with Crippen LogP contribution in [0.3, 0.4) is 0 Å². The Morgan fingerprint density at radius 1 is 1.08 bits per heavy atom. The Hall–Kier alpha value is -2.46. The molecule has 1 aliphatic heterocycles. The molecule has 0 aliphatic carbocycles. The maximum absolute atomic E-state index is 12.5. The van der Waals surface area contributed by atoms with Crippen LogP contribution in [0.15, 0.2) is 30.3 Å². The van der Waals surface area contributed by atoms with Gasteiger partial charge in [0.2, 0.25) is 0 Å². The van der Waals surface area contributed by atoms with E-state index in [2.05, 4.69) is 4.28 Å². The molecule has 1 heterocycles. The smallest absolute Gasteiger partial charge is 0.266 e. The lowest BCUT2D eigenvalue weighted by molar-refractivity contribution is -0.0761. The fraction of sp³-hybridized carbons (Fsp3) is 0.200. The van der Waals surface area contributed by atoms with Crippen LogP contribution in [0, 0.1) is 0 Å². The molecule has 3 rings (SSSR count). The molecule has 0 spiro atoms. The van der Waals surface area contributed by atoms with E-state index in [0.29, 0.717) is 17.4 Å². The van der Waals surface area contributed by atoms with Crippen LogP contribution in [-0.4, -0.2) is 30.8 Å². The number of imide groups is 1. The molecule has 0 saturated heterocycles. The summed E-state index contributed by atoms with van der Waals surface area (Å²) in [6.45, 7) is 1.80. The largest absolute Gasteiger partial charge is 0.525 e.